The molecule has 0 aliphatic heterocycles. The molecule has 0 amide bonds. The lowest BCUT2D eigenvalue weighted by Gasteiger charge is -2.21. The average Bonchev–Trinajstić information content (AvgIpc) is 2.84. The smallest absolute Gasteiger partial charge is 0.356 e. The van der Waals surface area contributed by atoms with Gasteiger partial charge in [0, 0.05) is 6.20 Å². The molecule has 2 nitrogen and oxygen atoms in total. The molecular formula is C10H11F3N2. The highest BCUT2D eigenvalue weighted by Crippen LogP contribution is 2.50. The Balaban J connectivity index is 2.16. The van der Waals surface area contributed by atoms with Crippen LogP contribution >= 0.6 is 0 Å². The minimum Gasteiger partial charge on any atom is -0.356 e. The summed E-state index contributed by atoms with van der Waals surface area (Å²) in [6, 6.07) is 3.37. The van der Waals surface area contributed by atoms with Gasteiger partial charge in [-0.15, -0.1) is 0 Å². The predicted octanol–water partition coefficient (Wildman–Crippen LogP) is 2.90. The maximum absolute atomic E-state index is 12.6. The lowest BCUT2D eigenvalue weighted by Crippen LogP contribution is -2.38. The van der Waals surface area contributed by atoms with Gasteiger partial charge in [0.2, 0.25) is 0 Å². The van der Waals surface area contributed by atoms with Crippen LogP contribution in [0, 0.1) is 6.92 Å². The summed E-state index contributed by atoms with van der Waals surface area (Å²) in [6.45, 7) is 1.82. The fraction of sp³-hybridized carbons (Fsp3) is 0.500. The molecule has 0 aromatic carbocycles. The Kier molecular flexibility index (Phi) is 2.13. The fourth-order valence-corrected chi connectivity index (χ4v) is 1.45. The van der Waals surface area contributed by atoms with E-state index >= 15 is 0 Å². The number of hydrogen-bond acceptors (Lipinski definition) is 2. The molecule has 1 N–H and O–H groups in total. The first-order chi connectivity index (χ1) is 6.93. The van der Waals surface area contributed by atoms with Gasteiger partial charge < -0.3 is 5.32 Å². The van der Waals surface area contributed by atoms with E-state index in [4.69, 9.17) is 0 Å². The topological polar surface area (TPSA) is 24.9 Å². The Bertz CT molecular complexity index is 369. The number of hydrogen-bond donors (Lipinski definition) is 1. The standard InChI is InChI=1S/C10H11F3N2/c1-7-2-5-14-8(6-7)15-9(3-4-9)10(11,12)13/h2,5-6H,3-4H2,1H3,(H,14,15). The number of nitrogens with one attached hydrogen (secondary N) is 1. The van der Waals surface area contributed by atoms with Crippen LogP contribution in [0.25, 0.3) is 0 Å². The molecule has 5 heteroatoms. The van der Waals surface area contributed by atoms with Crippen molar-refractivity contribution in [2.75, 3.05) is 5.32 Å². The second-order valence-electron chi connectivity index (χ2n) is 3.92. The van der Waals surface area contributed by atoms with Gasteiger partial charge in [-0.05, 0) is 37.5 Å². The molecule has 0 bridgehead atoms. The lowest BCUT2D eigenvalue weighted by atomic mass is 10.2. The van der Waals surface area contributed by atoms with E-state index in [1.165, 1.54) is 6.20 Å². The molecule has 1 aliphatic rings. The number of aryl methyl sites for hydroxylation is 1. The van der Waals surface area contributed by atoms with Gasteiger partial charge in [-0.1, -0.05) is 0 Å². The summed E-state index contributed by atoms with van der Waals surface area (Å²) < 4.78 is 37.8. The number of rotatable bonds is 2. The summed E-state index contributed by atoms with van der Waals surface area (Å²) in [7, 11) is 0. The Morgan fingerprint density at radius 3 is 2.53 bits per heavy atom. The summed E-state index contributed by atoms with van der Waals surface area (Å²) in [5.41, 5.74) is -0.834. The van der Waals surface area contributed by atoms with Gasteiger partial charge in [0.05, 0.1) is 0 Å². The van der Waals surface area contributed by atoms with Crippen molar-refractivity contribution >= 4 is 5.82 Å². The normalized spacial score (nSPS) is 18.7. The van der Waals surface area contributed by atoms with Crippen molar-refractivity contribution in [3.05, 3.63) is 23.9 Å². The van der Waals surface area contributed by atoms with E-state index < -0.39 is 11.7 Å². The van der Waals surface area contributed by atoms with E-state index in [-0.39, 0.29) is 12.8 Å². The van der Waals surface area contributed by atoms with Gasteiger partial charge in [0.15, 0.2) is 0 Å². The van der Waals surface area contributed by atoms with Crippen molar-refractivity contribution in [3.63, 3.8) is 0 Å². The van der Waals surface area contributed by atoms with Crippen LogP contribution in [0.3, 0.4) is 0 Å². The molecule has 1 heterocycles. The van der Waals surface area contributed by atoms with Gasteiger partial charge in [0.25, 0.3) is 0 Å². The van der Waals surface area contributed by atoms with Gasteiger partial charge in [-0.3, -0.25) is 0 Å². The Morgan fingerprint density at radius 1 is 1.40 bits per heavy atom. The Morgan fingerprint density at radius 2 is 2.07 bits per heavy atom. The highest BCUT2D eigenvalue weighted by Gasteiger charge is 2.63. The van der Waals surface area contributed by atoms with Crippen LogP contribution in [-0.4, -0.2) is 16.7 Å². The van der Waals surface area contributed by atoms with Crippen LogP contribution in [-0.2, 0) is 0 Å². The second kappa shape index (κ2) is 3.12. The van der Waals surface area contributed by atoms with Crippen LogP contribution in [0.2, 0.25) is 0 Å². The summed E-state index contributed by atoms with van der Waals surface area (Å²) in [5, 5.41) is 2.47. The number of alkyl halides is 3. The Labute approximate surface area is 85.5 Å². The first kappa shape index (κ1) is 10.3. The van der Waals surface area contributed by atoms with Crippen molar-refractivity contribution in [3.8, 4) is 0 Å². The van der Waals surface area contributed by atoms with Crippen LogP contribution in [0.5, 0.6) is 0 Å². The third-order valence-electron chi connectivity index (χ3n) is 2.58. The van der Waals surface area contributed by atoms with Crippen molar-refractivity contribution in [2.24, 2.45) is 0 Å². The van der Waals surface area contributed by atoms with Crippen LogP contribution in [0.4, 0.5) is 19.0 Å². The van der Waals surface area contributed by atoms with Crippen LogP contribution < -0.4 is 5.32 Å². The molecule has 0 radical (unpaired) electrons. The summed E-state index contributed by atoms with van der Waals surface area (Å²) in [6.07, 6.45) is -2.43. The molecule has 15 heavy (non-hydrogen) atoms. The van der Waals surface area contributed by atoms with Gasteiger partial charge in [0.1, 0.15) is 11.4 Å². The van der Waals surface area contributed by atoms with Crippen LogP contribution in [0.1, 0.15) is 18.4 Å². The van der Waals surface area contributed by atoms with Gasteiger partial charge >= 0.3 is 6.18 Å². The number of halogens is 3. The van der Waals surface area contributed by atoms with E-state index in [9.17, 15) is 13.2 Å². The molecule has 1 aliphatic carbocycles. The van der Waals surface area contributed by atoms with E-state index in [2.05, 4.69) is 10.3 Å². The van der Waals surface area contributed by atoms with Crippen LogP contribution in [0.15, 0.2) is 18.3 Å². The molecule has 0 atom stereocenters. The molecule has 1 fully saturated rings. The Hall–Kier alpha value is -1.26. The zero-order valence-electron chi connectivity index (χ0n) is 8.23. The van der Waals surface area contributed by atoms with E-state index in [1.807, 2.05) is 6.92 Å². The van der Waals surface area contributed by atoms with Crippen molar-refractivity contribution < 1.29 is 13.2 Å². The molecule has 0 saturated heterocycles. The van der Waals surface area contributed by atoms with Gasteiger partial charge in [-0.2, -0.15) is 13.2 Å². The monoisotopic (exact) mass is 216 g/mol. The molecule has 0 spiro atoms. The lowest BCUT2D eigenvalue weighted by molar-refractivity contribution is -0.151. The molecule has 1 aromatic heterocycles. The number of anilines is 1. The predicted molar refractivity (Wildman–Crippen MR) is 50.6 cm³/mol. The summed E-state index contributed by atoms with van der Waals surface area (Å²) in [4.78, 5) is 3.87. The largest absolute Gasteiger partial charge is 0.411 e. The zero-order valence-corrected chi connectivity index (χ0v) is 8.23. The summed E-state index contributed by atoms with van der Waals surface area (Å²) >= 11 is 0. The molecular weight excluding hydrogens is 205 g/mol. The van der Waals surface area contributed by atoms with Crippen molar-refractivity contribution in [1.82, 2.24) is 4.98 Å². The molecule has 82 valence electrons. The molecule has 0 unspecified atom stereocenters. The second-order valence-corrected chi connectivity index (χ2v) is 3.92. The average molecular weight is 216 g/mol. The van der Waals surface area contributed by atoms with E-state index in [1.54, 1.807) is 12.1 Å². The third-order valence-corrected chi connectivity index (χ3v) is 2.58. The maximum atomic E-state index is 12.6. The van der Waals surface area contributed by atoms with E-state index in [0.717, 1.165) is 5.56 Å². The van der Waals surface area contributed by atoms with Crippen molar-refractivity contribution in [2.45, 2.75) is 31.5 Å². The zero-order chi connectivity index (χ0) is 11.1. The first-order valence-electron chi connectivity index (χ1n) is 4.71. The van der Waals surface area contributed by atoms with Crippen molar-refractivity contribution in [1.29, 1.82) is 0 Å². The molecule has 1 saturated carbocycles. The maximum Gasteiger partial charge on any atom is 0.411 e. The third kappa shape index (κ3) is 1.91. The quantitative estimate of drug-likeness (QED) is 0.822. The number of nitrogens with zero attached hydrogens (tertiary/aromatic N) is 1. The molecule has 1 aromatic rings. The highest BCUT2D eigenvalue weighted by atomic mass is 19.4. The highest BCUT2D eigenvalue weighted by molar-refractivity contribution is 5.43. The molecule has 2 rings (SSSR count). The SMILES string of the molecule is Cc1ccnc(NC2(C(F)(F)F)CC2)c1. The number of pyridine rings is 1. The minimum atomic E-state index is -4.20. The van der Waals surface area contributed by atoms with E-state index in [0.29, 0.717) is 5.82 Å². The van der Waals surface area contributed by atoms with Gasteiger partial charge in [-0.25, -0.2) is 4.98 Å². The summed E-state index contributed by atoms with van der Waals surface area (Å²) in [5.74, 6) is 0.296. The fourth-order valence-electron chi connectivity index (χ4n) is 1.45. The first-order valence-corrected chi connectivity index (χ1v) is 4.71. The minimum absolute atomic E-state index is 0.131. The number of aromatic nitrogens is 1.